The Bertz CT molecular complexity index is 1520. The highest BCUT2D eigenvalue weighted by Crippen LogP contribution is 2.41. The van der Waals surface area contributed by atoms with Crippen LogP contribution in [0.25, 0.3) is 0 Å². The van der Waals surface area contributed by atoms with Gasteiger partial charge in [0.1, 0.15) is 0 Å². The summed E-state index contributed by atoms with van der Waals surface area (Å²) in [6, 6.07) is 43.6. The molecule has 0 spiro atoms. The van der Waals surface area contributed by atoms with Crippen LogP contribution in [-0.4, -0.2) is 66.5 Å². The molecule has 53 heavy (non-hydrogen) atoms. The van der Waals surface area contributed by atoms with Crippen LogP contribution in [0.4, 0.5) is 0 Å². The highest BCUT2D eigenvalue weighted by molar-refractivity contribution is 7.00. The molecule has 0 radical (unpaired) electrons. The molecule has 0 unspecified atom stereocenters. The van der Waals surface area contributed by atoms with Crippen LogP contribution in [0.3, 0.4) is 0 Å². The maximum atomic E-state index is 7.24. The zero-order valence-corrected chi connectivity index (χ0v) is 34.7. The third kappa shape index (κ3) is 7.81. The van der Waals surface area contributed by atoms with E-state index in [1.807, 2.05) is 0 Å². The molecule has 0 amide bonds. The van der Waals surface area contributed by atoms with Gasteiger partial charge in [-0.25, -0.2) is 0 Å². The van der Waals surface area contributed by atoms with Gasteiger partial charge in [-0.2, -0.15) is 0 Å². The summed E-state index contributed by atoms with van der Waals surface area (Å²) in [6.45, 7) is 15.2. The lowest BCUT2D eigenvalue weighted by Crippen LogP contribution is -2.67. The Morgan fingerprint density at radius 3 is 0.962 bits per heavy atom. The van der Waals surface area contributed by atoms with Crippen molar-refractivity contribution < 1.29 is 23.1 Å². The molecule has 3 aliphatic heterocycles. The largest absolute Gasteiger partial charge is 0.405 e. The summed E-state index contributed by atoms with van der Waals surface area (Å²) < 4.78 is 34.8. The summed E-state index contributed by atoms with van der Waals surface area (Å²) in [7, 11) is -5.22. The van der Waals surface area contributed by atoms with Gasteiger partial charge in [0.15, 0.2) is 0 Å². The van der Waals surface area contributed by atoms with E-state index < -0.39 is 16.6 Å². The average Bonchev–Trinajstić information content (AvgIpc) is 3.95. The van der Waals surface area contributed by atoms with Crippen LogP contribution in [0.5, 0.6) is 0 Å². The first-order chi connectivity index (χ1) is 25.5. The van der Waals surface area contributed by atoms with Gasteiger partial charge < -0.3 is 23.1 Å². The number of hydrogen-bond acceptors (Lipinski definition) is 5. The molecule has 3 aliphatic rings. The molecule has 3 heterocycles. The van der Waals surface area contributed by atoms with Crippen molar-refractivity contribution in [2.24, 2.45) is 0 Å². The Morgan fingerprint density at radius 1 is 0.415 bits per heavy atom. The lowest BCUT2D eigenvalue weighted by atomic mass is 10.0. The van der Waals surface area contributed by atoms with Crippen LogP contribution in [-0.2, 0) is 23.1 Å². The van der Waals surface area contributed by atoms with Crippen LogP contribution in [0.15, 0.2) is 121 Å². The monoisotopic (exact) mass is 748 g/mol. The number of rotatable bonds is 12. The third-order valence-corrected chi connectivity index (χ3v) is 22.0. The smallest absolute Gasteiger partial charge is 0.261 e. The van der Waals surface area contributed by atoms with Gasteiger partial charge >= 0.3 is 0 Å². The molecule has 0 N–H and O–H groups in total. The Kier molecular flexibility index (Phi) is 11.6. The molecule has 0 aliphatic carbocycles. The van der Waals surface area contributed by atoms with Crippen molar-refractivity contribution in [2.75, 3.05) is 13.2 Å². The summed E-state index contributed by atoms with van der Waals surface area (Å²) in [5.74, 6) is 0. The standard InChI is InChI=1S/C46H60O5Si2/c1-45(2,3)52(37-19-11-7-12-20-37,38-21-13-8-14-22-38)47-33-35-27-29-41(49-35)43-31-32-44(51-43)42-30-28-36(50-42)34-48-53(46(4,5)6,39-23-15-9-16-24-39)40-25-17-10-18-26-40/h7-26,35-36,41-44H,27-34H2,1-6H3/t35-,36-,41-,42+,43+,44+/m0/s1. The molecule has 5 nitrogen and oxygen atoms in total. The summed E-state index contributed by atoms with van der Waals surface area (Å²) in [5.41, 5.74) is 0. The van der Waals surface area contributed by atoms with E-state index in [1.165, 1.54) is 20.7 Å². The van der Waals surface area contributed by atoms with Crippen molar-refractivity contribution in [2.45, 2.75) is 127 Å². The van der Waals surface area contributed by atoms with Crippen molar-refractivity contribution in [1.82, 2.24) is 0 Å². The predicted octanol–water partition coefficient (Wildman–Crippen LogP) is 7.78. The average molecular weight is 749 g/mol. The molecule has 4 aromatic rings. The van der Waals surface area contributed by atoms with E-state index in [0.717, 1.165) is 38.5 Å². The summed E-state index contributed by atoms with van der Waals surface area (Å²) in [4.78, 5) is 0. The lowest BCUT2D eigenvalue weighted by Gasteiger charge is -2.43. The quantitative estimate of drug-likeness (QED) is 0.139. The second kappa shape index (κ2) is 16.1. The molecule has 4 aromatic carbocycles. The van der Waals surface area contributed by atoms with E-state index in [1.54, 1.807) is 0 Å². The molecular formula is C46H60O5Si2. The van der Waals surface area contributed by atoms with Gasteiger partial charge in [-0.3, -0.25) is 0 Å². The molecular weight excluding hydrogens is 689 g/mol. The first-order valence-corrected chi connectivity index (χ1v) is 23.8. The van der Waals surface area contributed by atoms with Crippen molar-refractivity contribution in [3.63, 3.8) is 0 Å². The van der Waals surface area contributed by atoms with Gasteiger partial charge in [-0.05, 0) is 69.3 Å². The highest BCUT2D eigenvalue weighted by atomic mass is 28.4. The summed E-state index contributed by atoms with van der Waals surface area (Å²) in [5, 5.41) is 5.12. The summed E-state index contributed by atoms with van der Waals surface area (Å²) >= 11 is 0. The van der Waals surface area contributed by atoms with Crippen LogP contribution < -0.4 is 20.7 Å². The number of hydrogen-bond donors (Lipinski definition) is 0. The maximum Gasteiger partial charge on any atom is 0.261 e. The van der Waals surface area contributed by atoms with Gasteiger partial charge in [-0.15, -0.1) is 0 Å². The molecule has 7 rings (SSSR count). The van der Waals surface area contributed by atoms with Gasteiger partial charge in [-0.1, -0.05) is 163 Å². The first kappa shape index (κ1) is 38.4. The van der Waals surface area contributed by atoms with E-state index in [9.17, 15) is 0 Å². The van der Waals surface area contributed by atoms with Crippen molar-refractivity contribution >= 4 is 37.4 Å². The Labute approximate surface area is 320 Å². The van der Waals surface area contributed by atoms with Gasteiger partial charge in [0.2, 0.25) is 0 Å². The minimum Gasteiger partial charge on any atom is -0.405 e. The zero-order valence-electron chi connectivity index (χ0n) is 32.7. The predicted molar refractivity (Wildman–Crippen MR) is 221 cm³/mol. The molecule has 3 saturated heterocycles. The van der Waals surface area contributed by atoms with Crippen molar-refractivity contribution in [3.8, 4) is 0 Å². The minimum atomic E-state index is -2.61. The van der Waals surface area contributed by atoms with E-state index in [2.05, 4.69) is 163 Å². The van der Waals surface area contributed by atoms with E-state index in [4.69, 9.17) is 23.1 Å². The van der Waals surface area contributed by atoms with Crippen molar-refractivity contribution in [3.05, 3.63) is 121 Å². The van der Waals surface area contributed by atoms with Crippen molar-refractivity contribution in [1.29, 1.82) is 0 Å². The lowest BCUT2D eigenvalue weighted by molar-refractivity contribution is -0.110. The molecule has 6 atom stereocenters. The number of ether oxygens (including phenoxy) is 3. The van der Waals surface area contributed by atoms with Crippen LogP contribution >= 0.6 is 0 Å². The summed E-state index contributed by atoms with van der Waals surface area (Å²) in [6.07, 6.45) is 6.57. The van der Waals surface area contributed by atoms with Crippen LogP contribution in [0.1, 0.15) is 80.1 Å². The molecule has 282 valence electrons. The van der Waals surface area contributed by atoms with E-state index in [-0.39, 0.29) is 46.7 Å². The molecule has 0 aromatic heterocycles. The molecule has 0 saturated carbocycles. The van der Waals surface area contributed by atoms with Crippen LogP contribution in [0.2, 0.25) is 10.1 Å². The van der Waals surface area contributed by atoms with E-state index >= 15 is 0 Å². The third-order valence-electron chi connectivity index (χ3n) is 12.0. The Morgan fingerprint density at radius 2 is 0.679 bits per heavy atom. The van der Waals surface area contributed by atoms with E-state index in [0.29, 0.717) is 13.2 Å². The first-order valence-electron chi connectivity index (χ1n) is 20.0. The topological polar surface area (TPSA) is 46.2 Å². The normalized spacial score (nSPS) is 25.5. The highest BCUT2D eigenvalue weighted by Gasteiger charge is 2.52. The van der Waals surface area contributed by atoms with Gasteiger partial charge in [0.25, 0.3) is 16.6 Å². The fourth-order valence-corrected chi connectivity index (χ4v) is 18.6. The maximum absolute atomic E-state index is 7.24. The molecule has 3 fully saturated rings. The minimum absolute atomic E-state index is 0.0564. The Balaban J connectivity index is 0.964. The Hall–Kier alpha value is -2.89. The second-order valence-electron chi connectivity index (χ2n) is 17.5. The van der Waals surface area contributed by atoms with Gasteiger partial charge in [0.05, 0.1) is 49.8 Å². The van der Waals surface area contributed by atoms with Gasteiger partial charge in [0, 0.05) is 0 Å². The SMILES string of the molecule is CC(C)(C)[Si](OC[C@@H]1CC[C@@H]([C@H]2CC[C@H]([C@H]3CC[C@@H](CO[Si](c4ccccc4)(c4ccccc4)C(C)(C)C)O3)O2)O1)(c1ccccc1)c1ccccc1. The molecule has 0 bridgehead atoms. The zero-order chi connectivity index (χ0) is 37.1. The fourth-order valence-electron chi connectivity index (χ4n) is 9.45. The molecule has 7 heteroatoms. The second-order valence-corrected chi connectivity index (χ2v) is 26.1. The van der Waals surface area contributed by atoms with Crippen LogP contribution in [0, 0.1) is 0 Å². The number of benzene rings is 4. The fraction of sp³-hybridized carbons (Fsp3) is 0.478.